The molecule has 0 spiro atoms. The predicted molar refractivity (Wildman–Crippen MR) is 116 cm³/mol. The first kappa shape index (κ1) is 21.6. The average Bonchev–Trinajstić information content (AvgIpc) is 2.88. The Kier molecular flexibility index (Phi) is 8.46. The lowest BCUT2D eigenvalue weighted by Gasteiger charge is -2.34. The van der Waals surface area contributed by atoms with Crippen LogP contribution in [0.2, 0.25) is 0 Å². The van der Waals surface area contributed by atoms with Gasteiger partial charge in [-0.15, -0.1) is 24.0 Å². The Bertz CT molecular complexity index is 668. The third-order valence-corrected chi connectivity index (χ3v) is 4.81. The highest BCUT2D eigenvalue weighted by molar-refractivity contribution is 14.0. The van der Waals surface area contributed by atoms with Gasteiger partial charge < -0.3 is 25.4 Å². The van der Waals surface area contributed by atoms with Crippen molar-refractivity contribution in [3.8, 4) is 11.5 Å². The van der Waals surface area contributed by atoms with E-state index in [1.807, 2.05) is 18.2 Å². The Hall–Kier alpha value is -1.71. The molecule has 1 saturated heterocycles. The van der Waals surface area contributed by atoms with Gasteiger partial charge in [0.25, 0.3) is 0 Å². The molecule has 0 saturated carbocycles. The number of fused-ring (bicyclic) bond motifs is 1. The fourth-order valence-corrected chi connectivity index (χ4v) is 3.61. The Balaban J connectivity index is 0.00000261. The maximum Gasteiger partial charge on any atom is 0.217 e. The van der Waals surface area contributed by atoms with Crippen molar-refractivity contribution in [2.24, 2.45) is 16.6 Å². The van der Waals surface area contributed by atoms with E-state index in [9.17, 15) is 4.79 Å². The van der Waals surface area contributed by atoms with E-state index >= 15 is 0 Å². The van der Waals surface area contributed by atoms with Crippen molar-refractivity contribution in [1.82, 2.24) is 10.2 Å². The van der Waals surface area contributed by atoms with E-state index in [1.54, 1.807) is 7.05 Å². The number of nitrogens with zero attached hydrogens (tertiary/aromatic N) is 2. The van der Waals surface area contributed by atoms with Gasteiger partial charge in [0, 0.05) is 45.1 Å². The van der Waals surface area contributed by atoms with E-state index in [1.165, 1.54) is 0 Å². The fourth-order valence-electron chi connectivity index (χ4n) is 3.61. The van der Waals surface area contributed by atoms with Gasteiger partial charge in [-0.05, 0) is 24.8 Å². The molecule has 2 aliphatic heterocycles. The third-order valence-electron chi connectivity index (χ3n) is 4.81. The summed E-state index contributed by atoms with van der Waals surface area (Å²) >= 11 is 0. The summed E-state index contributed by atoms with van der Waals surface area (Å²) in [6, 6.07) is 5.97. The van der Waals surface area contributed by atoms with E-state index in [0.29, 0.717) is 32.1 Å². The molecule has 1 aromatic rings. The molecule has 2 aliphatic rings. The lowest BCUT2D eigenvalue weighted by Crippen LogP contribution is -2.46. The van der Waals surface area contributed by atoms with Gasteiger partial charge >= 0.3 is 0 Å². The number of benzene rings is 1. The minimum absolute atomic E-state index is 0. The van der Waals surface area contributed by atoms with Crippen molar-refractivity contribution in [2.45, 2.75) is 32.2 Å². The first-order valence-corrected chi connectivity index (χ1v) is 9.28. The number of hydrogen-bond acceptors (Lipinski definition) is 4. The topological polar surface area (TPSA) is 89.2 Å². The number of para-hydroxylation sites is 1. The molecule has 0 bridgehead atoms. The largest absolute Gasteiger partial charge is 0.490 e. The SMILES string of the molecule is CN=C(NCc1cccc2c1OCCCO2)N1CCCC(CC(N)=O)C1.I. The number of nitrogens with one attached hydrogen (secondary N) is 1. The minimum Gasteiger partial charge on any atom is -0.490 e. The number of carbonyl (C=O) groups excluding carboxylic acids is 1. The first-order chi connectivity index (χ1) is 12.7. The average molecular weight is 488 g/mol. The molecule has 1 aromatic carbocycles. The second-order valence-corrected chi connectivity index (χ2v) is 6.82. The molecule has 7 nitrogen and oxygen atoms in total. The number of guanidine groups is 1. The van der Waals surface area contributed by atoms with E-state index in [0.717, 1.165) is 55.4 Å². The van der Waals surface area contributed by atoms with Crippen molar-refractivity contribution in [3.63, 3.8) is 0 Å². The lowest BCUT2D eigenvalue weighted by atomic mass is 9.95. The standard InChI is InChI=1S/C19H28N4O3.HI/c1-21-19(23-8-3-5-14(13-23)11-17(20)24)22-12-15-6-2-7-16-18(15)26-10-4-9-25-16;/h2,6-7,14H,3-5,8-13H2,1H3,(H2,20,24)(H,21,22);1H. The quantitative estimate of drug-likeness (QED) is 0.385. The smallest absolute Gasteiger partial charge is 0.217 e. The molecule has 1 unspecified atom stereocenters. The Morgan fingerprint density at radius 2 is 2.15 bits per heavy atom. The van der Waals surface area contributed by atoms with Crippen molar-refractivity contribution in [1.29, 1.82) is 0 Å². The van der Waals surface area contributed by atoms with Gasteiger partial charge in [0.05, 0.1) is 13.2 Å². The molecule has 1 atom stereocenters. The summed E-state index contributed by atoms with van der Waals surface area (Å²) < 4.78 is 11.6. The Morgan fingerprint density at radius 1 is 1.33 bits per heavy atom. The molecule has 0 radical (unpaired) electrons. The molecule has 8 heteroatoms. The number of amides is 1. The van der Waals surface area contributed by atoms with Gasteiger partial charge in [-0.25, -0.2) is 0 Å². The Morgan fingerprint density at radius 3 is 2.93 bits per heavy atom. The van der Waals surface area contributed by atoms with Crippen molar-refractivity contribution in [3.05, 3.63) is 23.8 Å². The molecule has 27 heavy (non-hydrogen) atoms. The van der Waals surface area contributed by atoms with Crippen molar-refractivity contribution >= 4 is 35.8 Å². The van der Waals surface area contributed by atoms with Gasteiger partial charge in [-0.1, -0.05) is 12.1 Å². The number of rotatable bonds is 4. The monoisotopic (exact) mass is 488 g/mol. The summed E-state index contributed by atoms with van der Waals surface area (Å²) in [5, 5.41) is 3.42. The molecular formula is C19H29IN4O3. The number of hydrogen-bond donors (Lipinski definition) is 2. The van der Waals surface area contributed by atoms with Crippen LogP contribution in [0.3, 0.4) is 0 Å². The molecular weight excluding hydrogens is 459 g/mol. The third kappa shape index (κ3) is 5.88. The second kappa shape index (κ2) is 10.6. The van der Waals surface area contributed by atoms with Crippen LogP contribution < -0.4 is 20.5 Å². The van der Waals surface area contributed by atoms with Crippen LogP contribution in [0.1, 0.15) is 31.2 Å². The zero-order valence-corrected chi connectivity index (χ0v) is 18.1. The summed E-state index contributed by atoms with van der Waals surface area (Å²) in [5.41, 5.74) is 6.41. The Labute approximate surface area is 177 Å². The lowest BCUT2D eigenvalue weighted by molar-refractivity contribution is -0.119. The van der Waals surface area contributed by atoms with Crippen LogP contribution in [0.4, 0.5) is 0 Å². The van der Waals surface area contributed by atoms with Gasteiger partial charge in [-0.3, -0.25) is 9.79 Å². The number of carbonyl (C=O) groups is 1. The number of halogens is 1. The first-order valence-electron chi connectivity index (χ1n) is 9.28. The van der Waals surface area contributed by atoms with Gasteiger partial charge in [-0.2, -0.15) is 0 Å². The van der Waals surface area contributed by atoms with E-state index in [2.05, 4.69) is 15.2 Å². The fraction of sp³-hybridized carbons (Fsp3) is 0.579. The number of aliphatic imine (C=N–C) groups is 1. The van der Waals surface area contributed by atoms with Crippen LogP contribution in [0.5, 0.6) is 11.5 Å². The van der Waals surface area contributed by atoms with Gasteiger partial charge in [0.1, 0.15) is 0 Å². The number of ether oxygens (including phenoxy) is 2. The number of piperidine rings is 1. The molecule has 150 valence electrons. The van der Waals surface area contributed by atoms with Crippen molar-refractivity contribution in [2.75, 3.05) is 33.4 Å². The summed E-state index contributed by atoms with van der Waals surface area (Å²) in [7, 11) is 1.78. The molecule has 3 N–H and O–H groups in total. The molecule has 2 heterocycles. The highest BCUT2D eigenvalue weighted by Gasteiger charge is 2.24. The number of likely N-dealkylation sites (tertiary alicyclic amines) is 1. The van der Waals surface area contributed by atoms with Crippen LogP contribution in [0, 0.1) is 5.92 Å². The summed E-state index contributed by atoms with van der Waals surface area (Å²) in [6.45, 7) is 3.69. The number of nitrogens with two attached hydrogens (primary N) is 1. The predicted octanol–water partition coefficient (Wildman–Crippen LogP) is 2.13. The normalized spacial score (nSPS) is 19.7. The summed E-state index contributed by atoms with van der Waals surface area (Å²) in [6.07, 6.45) is 3.40. The molecule has 1 fully saturated rings. The second-order valence-electron chi connectivity index (χ2n) is 6.82. The minimum atomic E-state index is -0.232. The van der Waals surface area contributed by atoms with E-state index in [4.69, 9.17) is 15.2 Å². The summed E-state index contributed by atoms with van der Waals surface area (Å²) in [5.74, 6) is 2.52. The highest BCUT2D eigenvalue weighted by atomic mass is 127. The molecule has 0 aliphatic carbocycles. The maximum atomic E-state index is 11.2. The summed E-state index contributed by atoms with van der Waals surface area (Å²) in [4.78, 5) is 17.8. The van der Waals surface area contributed by atoms with Gasteiger partial charge in [0.15, 0.2) is 17.5 Å². The van der Waals surface area contributed by atoms with Crippen LogP contribution >= 0.6 is 24.0 Å². The van der Waals surface area contributed by atoms with Crippen molar-refractivity contribution < 1.29 is 14.3 Å². The molecule has 0 aromatic heterocycles. The highest BCUT2D eigenvalue weighted by Crippen LogP contribution is 2.33. The zero-order chi connectivity index (χ0) is 18.4. The number of primary amides is 1. The van der Waals surface area contributed by atoms with Crippen LogP contribution in [0.25, 0.3) is 0 Å². The van der Waals surface area contributed by atoms with Crippen LogP contribution in [-0.2, 0) is 11.3 Å². The van der Waals surface area contributed by atoms with E-state index in [-0.39, 0.29) is 29.9 Å². The zero-order valence-electron chi connectivity index (χ0n) is 15.8. The molecule has 1 amide bonds. The van der Waals surface area contributed by atoms with Crippen LogP contribution in [-0.4, -0.2) is 50.1 Å². The molecule has 3 rings (SSSR count). The maximum absolute atomic E-state index is 11.2. The van der Waals surface area contributed by atoms with Crippen LogP contribution in [0.15, 0.2) is 23.2 Å². The van der Waals surface area contributed by atoms with E-state index < -0.39 is 0 Å². The van der Waals surface area contributed by atoms with Gasteiger partial charge in [0.2, 0.25) is 5.91 Å².